The molecule has 1 aromatic rings. The zero-order chi connectivity index (χ0) is 16.3. The maximum Gasteiger partial charge on any atom is 0.317 e. The molecule has 0 atom stereocenters. The number of nitrogens with zero attached hydrogens (tertiary/aromatic N) is 2. The van der Waals surface area contributed by atoms with Crippen molar-refractivity contribution in [1.82, 2.24) is 4.90 Å². The van der Waals surface area contributed by atoms with E-state index in [1.54, 1.807) is 12.1 Å². The zero-order valence-electron chi connectivity index (χ0n) is 12.2. The van der Waals surface area contributed by atoms with E-state index in [1.807, 2.05) is 11.8 Å². The van der Waals surface area contributed by atoms with Gasteiger partial charge >= 0.3 is 5.97 Å². The van der Waals surface area contributed by atoms with E-state index < -0.39 is 10.9 Å². The molecule has 8 heteroatoms. The van der Waals surface area contributed by atoms with Crippen molar-refractivity contribution >= 4 is 28.9 Å². The largest absolute Gasteiger partial charge is 0.480 e. The van der Waals surface area contributed by atoms with Gasteiger partial charge < -0.3 is 10.4 Å². The predicted molar refractivity (Wildman–Crippen MR) is 83.4 cm³/mol. The first kappa shape index (κ1) is 16.5. The van der Waals surface area contributed by atoms with Crippen molar-refractivity contribution in [2.75, 3.05) is 18.4 Å². The Morgan fingerprint density at radius 1 is 1.55 bits per heavy atom. The van der Waals surface area contributed by atoms with Gasteiger partial charge in [-0.1, -0.05) is 24.6 Å². The molecule has 1 aliphatic carbocycles. The number of nitro benzene ring substituents is 1. The third-order valence-corrected chi connectivity index (χ3v) is 4.23. The number of hydrogen-bond donors (Lipinski definition) is 2. The number of carboxylic acids is 1. The van der Waals surface area contributed by atoms with Gasteiger partial charge in [0.15, 0.2) is 0 Å². The second-order valence-electron chi connectivity index (χ2n) is 5.31. The first-order chi connectivity index (χ1) is 10.4. The molecule has 1 aliphatic rings. The van der Waals surface area contributed by atoms with Crippen molar-refractivity contribution in [3.8, 4) is 0 Å². The topological polar surface area (TPSA) is 95.7 Å². The summed E-state index contributed by atoms with van der Waals surface area (Å²) in [6.45, 7) is 2.60. The average molecular weight is 328 g/mol. The van der Waals surface area contributed by atoms with Crippen molar-refractivity contribution in [3.05, 3.63) is 33.3 Å². The minimum atomic E-state index is -0.847. The molecule has 0 heterocycles. The Labute approximate surface area is 133 Å². The van der Waals surface area contributed by atoms with E-state index >= 15 is 0 Å². The van der Waals surface area contributed by atoms with Gasteiger partial charge in [0.1, 0.15) is 5.69 Å². The highest BCUT2D eigenvalue weighted by molar-refractivity contribution is 6.33. The summed E-state index contributed by atoms with van der Waals surface area (Å²) in [6, 6.07) is 4.80. The van der Waals surface area contributed by atoms with E-state index in [-0.39, 0.29) is 24.3 Å². The standard InChI is InChI=1S/C14H18ClN3O4/c1-2-17(8-13(19)20)10-6-9(7-10)16-14-11(15)4-3-5-12(14)18(21)22/h3-5,9-10,16H,2,6-8H2,1H3,(H,19,20). The number of nitro groups is 1. The van der Waals surface area contributed by atoms with Crippen LogP contribution in [0, 0.1) is 10.1 Å². The summed E-state index contributed by atoms with van der Waals surface area (Å²) in [5.74, 6) is -0.847. The molecule has 0 aliphatic heterocycles. The Hall–Kier alpha value is -1.86. The van der Waals surface area contributed by atoms with Crippen LogP contribution in [0.15, 0.2) is 18.2 Å². The van der Waals surface area contributed by atoms with Gasteiger partial charge in [0.05, 0.1) is 16.5 Å². The number of rotatable bonds is 7. The SMILES string of the molecule is CCN(CC(=O)O)C1CC(Nc2c(Cl)cccc2[N+](=O)[O-])C1. The molecule has 0 bridgehead atoms. The molecule has 0 aromatic heterocycles. The summed E-state index contributed by atoms with van der Waals surface area (Å²) in [4.78, 5) is 23.3. The molecular weight excluding hydrogens is 310 g/mol. The van der Waals surface area contributed by atoms with Crippen LogP contribution in [0.5, 0.6) is 0 Å². The molecule has 0 amide bonds. The Morgan fingerprint density at radius 3 is 2.77 bits per heavy atom. The van der Waals surface area contributed by atoms with E-state index in [0.29, 0.717) is 17.3 Å². The van der Waals surface area contributed by atoms with Crippen LogP contribution in [0.25, 0.3) is 0 Å². The van der Waals surface area contributed by atoms with E-state index in [2.05, 4.69) is 5.32 Å². The molecule has 120 valence electrons. The van der Waals surface area contributed by atoms with Gasteiger partial charge in [-0.3, -0.25) is 19.8 Å². The molecule has 7 nitrogen and oxygen atoms in total. The molecule has 1 saturated carbocycles. The molecule has 0 radical (unpaired) electrons. The van der Waals surface area contributed by atoms with Crippen LogP contribution in [0.1, 0.15) is 19.8 Å². The first-order valence-corrected chi connectivity index (χ1v) is 7.45. The fourth-order valence-electron chi connectivity index (χ4n) is 2.69. The van der Waals surface area contributed by atoms with Crippen LogP contribution in [0.3, 0.4) is 0 Å². The van der Waals surface area contributed by atoms with E-state index in [1.165, 1.54) is 6.07 Å². The van der Waals surface area contributed by atoms with Gasteiger partial charge in [-0.15, -0.1) is 0 Å². The van der Waals surface area contributed by atoms with Crippen molar-refractivity contribution in [2.24, 2.45) is 0 Å². The summed E-state index contributed by atoms with van der Waals surface area (Å²) in [5.41, 5.74) is 0.285. The van der Waals surface area contributed by atoms with E-state index in [4.69, 9.17) is 16.7 Å². The highest BCUT2D eigenvalue weighted by Gasteiger charge is 2.35. The fraction of sp³-hybridized carbons (Fsp3) is 0.500. The smallest absolute Gasteiger partial charge is 0.317 e. The Bertz CT molecular complexity index is 575. The minimum Gasteiger partial charge on any atom is -0.480 e. The van der Waals surface area contributed by atoms with Crippen LogP contribution in [-0.2, 0) is 4.79 Å². The lowest BCUT2D eigenvalue weighted by molar-refractivity contribution is -0.384. The van der Waals surface area contributed by atoms with E-state index in [0.717, 1.165) is 12.8 Å². The third-order valence-electron chi connectivity index (χ3n) is 3.91. The number of carboxylic acid groups (broad SMARTS) is 1. The van der Waals surface area contributed by atoms with Crippen molar-refractivity contribution < 1.29 is 14.8 Å². The molecule has 0 unspecified atom stereocenters. The van der Waals surface area contributed by atoms with Crippen molar-refractivity contribution in [1.29, 1.82) is 0 Å². The van der Waals surface area contributed by atoms with Gasteiger partial charge in [0.25, 0.3) is 5.69 Å². The average Bonchev–Trinajstić information content (AvgIpc) is 2.41. The lowest BCUT2D eigenvalue weighted by Gasteiger charge is -2.42. The lowest BCUT2D eigenvalue weighted by Crippen LogP contribution is -2.51. The highest BCUT2D eigenvalue weighted by atomic mass is 35.5. The summed E-state index contributed by atoms with van der Waals surface area (Å²) in [7, 11) is 0. The number of carbonyl (C=O) groups is 1. The molecule has 1 aromatic carbocycles. The number of halogens is 1. The van der Waals surface area contributed by atoms with Crippen molar-refractivity contribution in [3.63, 3.8) is 0 Å². The first-order valence-electron chi connectivity index (χ1n) is 7.07. The third kappa shape index (κ3) is 3.66. The summed E-state index contributed by atoms with van der Waals surface area (Å²) in [6.07, 6.45) is 1.48. The van der Waals surface area contributed by atoms with Crippen LogP contribution >= 0.6 is 11.6 Å². The summed E-state index contributed by atoms with van der Waals surface area (Å²) in [5, 5.41) is 23.3. The maximum absolute atomic E-state index is 11.0. The predicted octanol–water partition coefficient (Wildman–Crippen LogP) is 2.60. The number of nitrogens with one attached hydrogen (secondary N) is 1. The number of aliphatic carboxylic acids is 1. The normalized spacial score (nSPS) is 20.5. The van der Waals surface area contributed by atoms with Crippen LogP contribution in [-0.4, -0.2) is 46.1 Å². The van der Waals surface area contributed by atoms with E-state index in [9.17, 15) is 14.9 Å². The van der Waals surface area contributed by atoms with Gasteiger partial charge in [-0.25, -0.2) is 0 Å². The van der Waals surface area contributed by atoms with Crippen molar-refractivity contribution in [2.45, 2.75) is 31.8 Å². The second kappa shape index (κ2) is 6.93. The fourth-order valence-corrected chi connectivity index (χ4v) is 2.91. The molecule has 22 heavy (non-hydrogen) atoms. The maximum atomic E-state index is 11.0. The number of anilines is 1. The van der Waals surface area contributed by atoms with Gasteiger partial charge in [-0.05, 0) is 25.5 Å². The Morgan fingerprint density at radius 2 is 2.23 bits per heavy atom. The lowest BCUT2D eigenvalue weighted by atomic mass is 9.85. The van der Waals surface area contributed by atoms with Gasteiger partial charge in [-0.2, -0.15) is 0 Å². The quantitative estimate of drug-likeness (QED) is 0.590. The molecule has 2 rings (SSSR count). The summed E-state index contributed by atoms with van der Waals surface area (Å²) >= 11 is 6.04. The number of benzene rings is 1. The van der Waals surface area contributed by atoms with Crippen LogP contribution < -0.4 is 5.32 Å². The summed E-state index contributed by atoms with van der Waals surface area (Å²) < 4.78 is 0. The van der Waals surface area contributed by atoms with Gasteiger partial charge in [0, 0.05) is 18.2 Å². The van der Waals surface area contributed by atoms with Crippen LogP contribution in [0.2, 0.25) is 5.02 Å². The molecular formula is C14H18ClN3O4. The van der Waals surface area contributed by atoms with Crippen LogP contribution in [0.4, 0.5) is 11.4 Å². The monoisotopic (exact) mass is 327 g/mol. The Balaban J connectivity index is 1.98. The molecule has 0 saturated heterocycles. The number of para-hydroxylation sites is 1. The second-order valence-corrected chi connectivity index (χ2v) is 5.72. The molecule has 2 N–H and O–H groups in total. The highest BCUT2D eigenvalue weighted by Crippen LogP contribution is 2.36. The number of likely N-dealkylation sites (N-methyl/N-ethyl adjacent to an activating group) is 1. The minimum absolute atomic E-state index is 0.0140. The number of hydrogen-bond acceptors (Lipinski definition) is 5. The molecule has 0 spiro atoms. The Kier molecular flexibility index (Phi) is 5.20. The zero-order valence-corrected chi connectivity index (χ0v) is 12.9. The molecule has 1 fully saturated rings. The van der Waals surface area contributed by atoms with Gasteiger partial charge in [0.2, 0.25) is 0 Å².